The van der Waals surface area contributed by atoms with Gasteiger partial charge in [-0.05, 0) is 49.4 Å². The van der Waals surface area contributed by atoms with Gasteiger partial charge in [0.05, 0.1) is 12.0 Å². The number of aryl methyl sites for hydroxylation is 1. The van der Waals surface area contributed by atoms with Crippen molar-refractivity contribution in [3.63, 3.8) is 0 Å². The molecule has 0 fully saturated rings. The number of nitrogens with two attached hydrogens (primary N) is 1. The van der Waals surface area contributed by atoms with Gasteiger partial charge < -0.3 is 10.5 Å². The number of methoxy groups -OCH3 is 1. The van der Waals surface area contributed by atoms with E-state index in [0.29, 0.717) is 17.3 Å². The van der Waals surface area contributed by atoms with E-state index in [1.807, 2.05) is 6.92 Å². The minimum atomic E-state index is -4.17. The van der Waals surface area contributed by atoms with Crippen molar-refractivity contribution in [2.24, 2.45) is 0 Å². The molecule has 188 valence electrons. The summed E-state index contributed by atoms with van der Waals surface area (Å²) in [5, 5.41) is 0.207. The molecule has 0 bridgehead atoms. The summed E-state index contributed by atoms with van der Waals surface area (Å²) >= 11 is 0. The molecule has 5 aromatic rings. The first kappa shape index (κ1) is 24.4. The Labute approximate surface area is 210 Å². The summed E-state index contributed by atoms with van der Waals surface area (Å²) in [6.07, 6.45) is 2.54. The van der Waals surface area contributed by atoms with Crippen LogP contribution in [0.15, 0.2) is 78.0 Å². The molecule has 0 saturated heterocycles. The molecule has 0 atom stereocenters. The zero-order chi connectivity index (χ0) is 26.5. The third-order valence-corrected chi connectivity index (χ3v) is 7.66. The maximum absolute atomic E-state index is 14.6. The van der Waals surface area contributed by atoms with Gasteiger partial charge in [0.1, 0.15) is 11.6 Å². The highest BCUT2D eigenvalue weighted by molar-refractivity contribution is 7.90. The van der Waals surface area contributed by atoms with Crippen molar-refractivity contribution in [3.05, 3.63) is 96.1 Å². The fraction of sp³-hybridized carbons (Fsp3) is 0.0741. The number of benzene rings is 3. The number of anilines is 1. The smallest absolute Gasteiger partial charge is 0.269 e. The average molecular weight is 524 g/mol. The summed E-state index contributed by atoms with van der Waals surface area (Å²) in [5.41, 5.74) is 7.51. The van der Waals surface area contributed by atoms with Crippen LogP contribution < -0.4 is 10.5 Å². The molecule has 2 heterocycles. The molecule has 10 heteroatoms. The van der Waals surface area contributed by atoms with Crippen LogP contribution in [0.4, 0.5) is 18.9 Å². The minimum absolute atomic E-state index is 0.00769. The van der Waals surface area contributed by atoms with Crippen LogP contribution in [0, 0.1) is 24.4 Å². The second kappa shape index (κ2) is 8.97. The molecular formula is C27H20F3N3O3S. The van der Waals surface area contributed by atoms with Crippen molar-refractivity contribution in [2.75, 3.05) is 12.8 Å². The van der Waals surface area contributed by atoms with Crippen LogP contribution in [-0.4, -0.2) is 24.5 Å². The molecule has 0 amide bonds. The Balaban J connectivity index is 1.85. The van der Waals surface area contributed by atoms with Crippen LogP contribution in [0.5, 0.6) is 5.75 Å². The van der Waals surface area contributed by atoms with Gasteiger partial charge in [-0.2, -0.15) is 0 Å². The fourth-order valence-electron chi connectivity index (χ4n) is 4.18. The van der Waals surface area contributed by atoms with Crippen LogP contribution in [0.25, 0.3) is 33.3 Å². The summed E-state index contributed by atoms with van der Waals surface area (Å²) in [7, 11) is -2.95. The first-order valence-corrected chi connectivity index (χ1v) is 12.5. The van der Waals surface area contributed by atoms with Gasteiger partial charge in [0.15, 0.2) is 17.2 Å². The second-order valence-electron chi connectivity index (χ2n) is 8.46. The Bertz CT molecular complexity index is 1780. The topological polar surface area (TPSA) is 87.2 Å². The Morgan fingerprint density at radius 2 is 1.62 bits per heavy atom. The molecule has 2 aromatic heterocycles. The molecule has 0 aliphatic carbocycles. The zero-order valence-corrected chi connectivity index (χ0v) is 20.5. The Morgan fingerprint density at radius 1 is 0.892 bits per heavy atom. The van der Waals surface area contributed by atoms with E-state index in [-0.39, 0.29) is 38.4 Å². The Kier molecular flexibility index (Phi) is 5.91. The highest BCUT2D eigenvalue weighted by Gasteiger charge is 2.26. The third kappa shape index (κ3) is 4.19. The second-order valence-corrected chi connectivity index (χ2v) is 10.3. The number of pyridine rings is 1. The number of nitrogen functional groups attached to an aromatic ring is 1. The molecule has 37 heavy (non-hydrogen) atoms. The van der Waals surface area contributed by atoms with Crippen molar-refractivity contribution in [3.8, 4) is 28.0 Å². The molecule has 0 saturated carbocycles. The lowest BCUT2D eigenvalue weighted by Crippen LogP contribution is -2.12. The molecular weight excluding hydrogens is 503 g/mol. The molecule has 0 spiro atoms. The number of nitrogens with zero attached hydrogens (tertiary/aromatic N) is 2. The van der Waals surface area contributed by atoms with Crippen molar-refractivity contribution < 1.29 is 26.3 Å². The van der Waals surface area contributed by atoms with E-state index in [9.17, 15) is 21.6 Å². The van der Waals surface area contributed by atoms with Crippen LogP contribution in [0.1, 0.15) is 5.56 Å². The van der Waals surface area contributed by atoms with Gasteiger partial charge in [0.25, 0.3) is 10.0 Å². The highest BCUT2D eigenvalue weighted by Crippen LogP contribution is 2.40. The number of rotatable bonds is 5. The average Bonchev–Trinajstić information content (AvgIpc) is 3.25. The predicted molar refractivity (Wildman–Crippen MR) is 135 cm³/mol. The maximum atomic E-state index is 14.6. The number of halogens is 3. The van der Waals surface area contributed by atoms with Gasteiger partial charge in [-0.15, -0.1) is 0 Å². The number of aromatic nitrogens is 2. The van der Waals surface area contributed by atoms with Crippen molar-refractivity contribution in [2.45, 2.75) is 11.8 Å². The summed E-state index contributed by atoms with van der Waals surface area (Å²) < 4.78 is 76.9. The number of hydrogen-bond donors (Lipinski definition) is 1. The summed E-state index contributed by atoms with van der Waals surface area (Å²) in [5.74, 6) is -2.71. The number of hydrogen-bond acceptors (Lipinski definition) is 5. The van der Waals surface area contributed by atoms with Crippen LogP contribution in [0.3, 0.4) is 0 Å². The number of ether oxygens (including phenoxy) is 1. The third-order valence-electron chi connectivity index (χ3n) is 5.99. The summed E-state index contributed by atoms with van der Waals surface area (Å²) in [6, 6.07) is 13.4. The molecule has 5 rings (SSSR count). The van der Waals surface area contributed by atoms with Crippen molar-refractivity contribution in [1.82, 2.24) is 8.96 Å². The van der Waals surface area contributed by atoms with Crippen LogP contribution in [0.2, 0.25) is 0 Å². The first-order chi connectivity index (χ1) is 17.6. The standard InChI is InChI=1S/C27H20F3N3O3S/c1-15-3-6-19(7-4-15)37(34,35)33-14-23(21-10-17(28)11-25(30)26(21)36-2)22-9-16(13-32-27(22)33)20-12-18(31)5-8-24(20)29/h3-14H,31H2,1-2H3. The van der Waals surface area contributed by atoms with Crippen molar-refractivity contribution >= 4 is 26.7 Å². The lowest BCUT2D eigenvalue weighted by molar-refractivity contribution is 0.386. The predicted octanol–water partition coefficient (Wildman–Crippen LogP) is 5.92. The molecule has 0 unspecified atom stereocenters. The zero-order valence-electron chi connectivity index (χ0n) is 19.7. The van der Waals surface area contributed by atoms with E-state index in [0.717, 1.165) is 15.6 Å². The Hall–Kier alpha value is -4.31. The van der Waals surface area contributed by atoms with Gasteiger partial charge in [-0.25, -0.2) is 30.5 Å². The molecule has 3 aromatic carbocycles. The summed E-state index contributed by atoms with van der Waals surface area (Å²) in [6.45, 7) is 1.82. The lowest BCUT2D eigenvalue weighted by atomic mass is 10.0. The summed E-state index contributed by atoms with van der Waals surface area (Å²) in [4.78, 5) is 4.32. The van der Waals surface area contributed by atoms with Crippen molar-refractivity contribution in [1.29, 1.82) is 0 Å². The van der Waals surface area contributed by atoms with E-state index in [2.05, 4.69) is 4.98 Å². The highest BCUT2D eigenvalue weighted by atomic mass is 32.2. The van der Waals surface area contributed by atoms with E-state index >= 15 is 0 Å². The van der Waals surface area contributed by atoms with E-state index in [1.54, 1.807) is 12.1 Å². The largest absolute Gasteiger partial charge is 0.493 e. The molecule has 0 aliphatic heterocycles. The first-order valence-electron chi connectivity index (χ1n) is 11.0. The van der Waals surface area contributed by atoms with Gasteiger partial charge in [-0.3, -0.25) is 0 Å². The minimum Gasteiger partial charge on any atom is -0.493 e. The molecule has 6 nitrogen and oxygen atoms in total. The SMILES string of the molecule is COc1c(F)cc(F)cc1-c1cn(S(=O)(=O)c2ccc(C)cc2)c2ncc(-c3cc(N)ccc3F)cc12. The van der Waals surface area contributed by atoms with E-state index < -0.39 is 27.5 Å². The molecule has 0 radical (unpaired) electrons. The van der Waals surface area contributed by atoms with E-state index in [1.165, 1.54) is 55.9 Å². The van der Waals surface area contributed by atoms with E-state index in [4.69, 9.17) is 10.5 Å². The van der Waals surface area contributed by atoms with Crippen LogP contribution in [-0.2, 0) is 10.0 Å². The monoisotopic (exact) mass is 523 g/mol. The normalized spacial score (nSPS) is 11.7. The fourth-order valence-corrected chi connectivity index (χ4v) is 5.50. The number of fused-ring (bicyclic) bond motifs is 1. The van der Waals surface area contributed by atoms with Gasteiger partial charge in [0, 0.05) is 51.8 Å². The molecule has 2 N–H and O–H groups in total. The molecule has 0 aliphatic rings. The van der Waals surface area contributed by atoms with Crippen LogP contribution >= 0.6 is 0 Å². The van der Waals surface area contributed by atoms with Gasteiger partial charge in [-0.1, -0.05) is 17.7 Å². The lowest BCUT2D eigenvalue weighted by Gasteiger charge is -2.10. The van der Waals surface area contributed by atoms with Gasteiger partial charge in [0.2, 0.25) is 0 Å². The maximum Gasteiger partial charge on any atom is 0.269 e. The Morgan fingerprint density at radius 3 is 2.32 bits per heavy atom. The quantitative estimate of drug-likeness (QED) is 0.289. The van der Waals surface area contributed by atoms with Gasteiger partial charge >= 0.3 is 0 Å².